The lowest BCUT2D eigenvalue weighted by Crippen LogP contribution is -2.37. The molecule has 0 amide bonds. The molecule has 0 saturated heterocycles. The molecule has 0 aliphatic carbocycles. The monoisotopic (exact) mass is 270 g/mol. The van der Waals surface area contributed by atoms with Crippen molar-refractivity contribution in [2.24, 2.45) is 12.8 Å². The van der Waals surface area contributed by atoms with Crippen LogP contribution in [0.1, 0.15) is 30.6 Å². The summed E-state index contributed by atoms with van der Waals surface area (Å²) in [5.74, 6) is 1.19. The molecule has 4 nitrogen and oxygen atoms in total. The lowest BCUT2D eigenvalue weighted by atomic mass is 10.0. The third-order valence-corrected chi connectivity index (χ3v) is 4.20. The first-order valence-electron chi connectivity index (χ1n) is 6.42. The van der Waals surface area contributed by atoms with Crippen LogP contribution in [0.2, 0.25) is 0 Å². The van der Waals surface area contributed by atoms with Crippen LogP contribution in [0.4, 0.5) is 0 Å². The van der Waals surface area contributed by atoms with E-state index in [1.54, 1.807) is 0 Å². The number of thioether (sulfide) groups is 1. The highest BCUT2D eigenvalue weighted by atomic mass is 32.2. The van der Waals surface area contributed by atoms with E-state index in [0.717, 1.165) is 5.69 Å². The Morgan fingerprint density at radius 2 is 2.22 bits per heavy atom. The van der Waals surface area contributed by atoms with E-state index in [2.05, 4.69) is 43.3 Å². The van der Waals surface area contributed by atoms with Gasteiger partial charge in [-0.25, -0.2) is 0 Å². The Morgan fingerprint density at radius 3 is 2.67 bits per heavy atom. The Morgan fingerprint density at radius 1 is 1.56 bits per heavy atom. The molecule has 0 bridgehead atoms. The average molecular weight is 270 g/mol. The van der Waals surface area contributed by atoms with Crippen LogP contribution in [0.3, 0.4) is 0 Å². The zero-order chi connectivity index (χ0) is 13.7. The summed E-state index contributed by atoms with van der Waals surface area (Å²) < 4.78 is 1.87. The van der Waals surface area contributed by atoms with E-state index in [1.165, 1.54) is 17.7 Å². The molecule has 1 heterocycles. The van der Waals surface area contributed by atoms with Crippen molar-refractivity contribution in [1.29, 1.82) is 0 Å². The van der Waals surface area contributed by atoms with Gasteiger partial charge in [0.2, 0.25) is 0 Å². The molecule has 0 spiro atoms. The number of rotatable bonds is 7. The lowest BCUT2D eigenvalue weighted by Gasteiger charge is -2.32. The normalized spacial score (nSPS) is 15.1. The minimum atomic E-state index is 0.260. The first kappa shape index (κ1) is 15.5. The summed E-state index contributed by atoms with van der Waals surface area (Å²) in [5.41, 5.74) is 8.30. The van der Waals surface area contributed by atoms with Gasteiger partial charge < -0.3 is 5.73 Å². The van der Waals surface area contributed by atoms with Gasteiger partial charge >= 0.3 is 0 Å². The highest BCUT2D eigenvalue weighted by Gasteiger charge is 2.23. The van der Waals surface area contributed by atoms with E-state index in [-0.39, 0.29) is 6.04 Å². The van der Waals surface area contributed by atoms with Crippen molar-refractivity contribution >= 4 is 11.8 Å². The predicted molar refractivity (Wildman–Crippen MR) is 80.0 cm³/mol. The summed E-state index contributed by atoms with van der Waals surface area (Å²) >= 11 is 1.90. The first-order chi connectivity index (χ1) is 8.51. The molecule has 18 heavy (non-hydrogen) atoms. The van der Waals surface area contributed by atoms with Gasteiger partial charge in [-0.05, 0) is 39.3 Å². The molecule has 104 valence electrons. The first-order valence-corrected chi connectivity index (χ1v) is 7.81. The Hall–Kier alpha value is -0.520. The molecule has 0 saturated carbocycles. The SMILES string of the molecule is CSCCC(C)N(C)C(CN)c1cn(C)nc1C. The van der Waals surface area contributed by atoms with Crippen LogP contribution in [-0.2, 0) is 7.05 Å². The number of aromatic nitrogens is 2. The summed E-state index contributed by atoms with van der Waals surface area (Å²) in [4.78, 5) is 2.38. The molecular formula is C13H26N4S. The van der Waals surface area contributed by atoms with Gasteiger partial charge in [-0.2, -0.15) is 16.9 Å². The summed E-state index contributed by atoms with van der Waals surface area (Å²) in [5, 5.41) is 4.41. The van der Waals surface area contributed by atoms with Crippen molar-refractivity contribution < 1.29 is 0 Å². The fourth-order valence-electron chi connectivity index (χ4n) is 2.26. The van der Waals surface area contributed by atoms with Crippen molar-refractivity contribution in [2.75, 3.05) is 25.6 Å². The molecule has 0 aliphatic rings. The van der Waals surface area contributed by atoms with E-state index in [1.807, 2.05) is 23.5 Å². The predicted octanol–water partition coefficient (Wildman–Crippen LogP) is 1.80. The number of hydrogen-bond acceptors (Lipinski definition) is 4. The molecular weight excluding hydrogens is 244 g/mol. The fraction of sp³-hybridized carbons (Fsp3) is 0.769. The van der Waals surface area contributed by atoms with E-state index >= 15 is 0 Å². The second kappa shape index (κ2) is 7.16. The van der Waals surface area contributed by atoms with Crippen LogP contribution in [0.25, 0.3) is 0 Å². The third-order valence-electron chi connectivity index (χ3n) is 3.56. The van der Waals surface area contributed by atoms with Gasteiger partial charge in [0.05, 0.1) is 11.7 Å². The highest BCUT2D eigenvalue weighted by molar-refractivity contribution is 7.98. The molecule has 0 fully saturated rings. The number of aryl methyl sites for hydroxylation is 2. The van der Waals surface area contributed by atoms with Crippen LogP contribution >= 0.6 is 11.8 Å². The van der Waals surface area contributed by atoms with Gasteiger partial charge in [-0.1, -0.05) is 0 Å². The fourth-order valence-corrected chi connectivity index (χ4v) is 2.83. The molecule has 2 N–H and O–H groups in total. The summed E-state index contributed by atoms with van der Waals surface area (Å²) in [6.45, 7) is 4.95. The second-order valence-electron chi connectivity index (χ2n) is 4.89. The third kappa shape index (κ3) is 3.73. The maximum absolute atomic E-state index is 5.97. The van der Waals surface area contributed by atoms with Gasteiger partial charge in [0.1, 0.15) is 0 Å². The Balaban J connectivity index is 2.79. The molecule has 1 aromatic rings. The maximum Gasteiger partial charge on any atom is 0.0641 e. The topological polar surface area (TPSA) is 47.1 Å². The summed E-state index contributed by atoms with van der Waals surface area (Å²) in [7, 11) is 4.12. The van der Waals surface area contributed by atoms with E-state index in [4.69, 9.17) is 5.73 Å². The molecule has 0 aromatic carbocycles. The summed E-state index contributed by atoms with van der Waals surface area (Å²) in [6.07, 6.45) is 5.43. The van der Waals surface area contributed by atoms with Crippen molar-refractivity contribution in [3.63, 3.8) is 0 Å². The van der Waals surface area contributed by atoms with Crippen LogP contribution in [0, 0.1) is 6.92 Å². The smallest absolute Gasteiger partial charge is 0.0641 e. The van der Waals surface area contributed by atoms with Gasteiger partial charge in [-0.15, -0.1) is 0 Å². The molecule has 5 heteroatoms. The maximum atomic E-state index is 5.97. The zero-order valence-electron chi connectivity index (χ0n) is 12.2. The van der Waals surface area contributed by atoms with Gasteiger partial charge in [0.15, 0.2) is 0 Å². The number of hydrogen-bond donors (Lipinski definition) is 1. The average Bonchev–Trinajstić information content (AvgIpc) is 2.66. The standard InChI is InChI=1S/C13H26N4S/c1-10(6-7-18-5)17(4)13(8-14)12-9-16(3)15-11(12)2/h9-10,13H,6-8,14H2,1-5H3. The molecule has 0 aliphatic heterocycles. The van der Waals surface area contributed by atoms with E-state index < -0.39 is 0 Å². The lowest BCUT2D eigenvalue weighted by molar-refractivity contribution is 0.185. The van der Waals surface area contributed by atoms with Crippen molar-refractivity contribution in [2.45, 2.75) is 32.4 Å². The largest absolute Gasteiger partial charge is 0.329 e. The molecule has 2 unspecified atom stereocenters. The van der Waals surface area contributed by atoms with Crippen LogP contribution in [0.5, 0.6) is 0 Å². The van der Waals surface area contributed by atoms with Gasteiger partial charge in [-0.3, -0.25) is 9.58 Å². The summed E-state index contributed by atoms with van der Waals surface area (Å²) in [6, 6.07) is 0.793. The minimum absolute atomic E-state index is 0.260. The number of nitrogens with zero attached hydrogens (tertiary/aromatic N) is 3. The van der Waals surface area contributed by atoms with Crippen LogP contribution < -0.4 is 5.73 Å². The second-order valence-corrected chi connectivity index (χ2v) is 5.88. The van der Waals surface area contributed by atoms with Crippen LogP contribution in [-0.4, -0.2) is 46.3 Å². The van der Waals surface area contributed by atoms with E-state index in [0.29, 0.717) is 12.6 Å². The quantitative estimate of drug-likeness (QED) is 0.821. The Labute approximate surface area is 115 Å². The van der Waals surface area contributed by atoms with Gasteiger partial charge in [0, 0.05) is 31.4 Å². The van der Waals surface area contributed by atoms with Crippen molar-refractivity contribution in [1.82, 2.24) is 14.7 Å². The highest BCUT2D eigenvalue weighted by Crippen LogP contribution is 2.24. The molecule has 1 rings (SSSR count). The van der Waals surface area contributed by atoms with Crippen molar-refractivity contribution in [3.8, 4) is 0 Å². The van der Waals surface area contributed by atoms with Crippen LogP contribution in [0.15, 0.2) is 6.20 Å². The Kier molecular flexibility index (Phi) is 6.18. The van der Waals surface area contributed by atoms with Crippen molar-refractivity contribution in [3.05, 3.63) is 17.5 Å². The minimum Gasteiger partial charge on any atom is -0.329 e. The molecule has 0 radical (unpaired) electrons. The zero-order valence-corrected chi connectivity index (χ0v) is 13.0. The Bertz CT molecular complexity index is 364. The van der Waals surface area contributed by atoms with Gasteiger partial charge in [0.25, 0.3) is 0 Å². The molecule has 2 atom stereocenters. The molecule has 1 aromatic heterocycles. The number of likely N-dealkylation sites (N-methyl/N-ethyl adjacent to an activating group) is 1. The number of nitrogens with two attached hydrogens (primary N) is 1. The van der Waals surface area contributed by atoms with E-state index in [9.17, 15) is 0 Å².